The number of ether oxygens (including phenoxy) is 1. The lowest BCUT2D eigenvalue weighted by Crippen LogP contribution is -2.58. The number of amides is 2. The second-order valence-corrected chi connectivity index (χ2v) is 6.10. The molecule has 0 saturated carbocycles. The third-order valence-corrected chi connectivity index (χ3v) is 3.78. The van der Waals surface area contributed by atoms with Crippen molar-refractivity contribution in [2.24, 2.45) is 5.73 Å². The fraction of sp³-hybridized carbons (Fsp3) is 0.500. The van der Waals surface area contributed by atoms with Gasteiger partial charge in [-0.1, -0.05) is 12.1 Å². The summed E-state index contributed by atoms with van der Waals surface area (Å²) in [6.07, 6.45) is 0. The van der Waals surface area contributed by atoms with E-state index in [1.54, 1.807) is 11.8 Å². The van der Waals surface area contributed by atoms with Crippen LogP contribution >= 0.6 is 0 Å². The average molecular weight is 305 g/mol. The Labute approximate surface area is 130 Å². The normalized spacial score (nSPS) is 21.9. The summed E-state index contributed by atoms with van der Waals surface area (Å²) < 4.78 is 5.43. The molecule has 6 heteroatoms. The zero-order chi connectivity index (χ0) is 16.3. The molecule has 1 aromatic rings. The molecule has 1 aromatic carbocycles. The minimum atomic E-state index is -1.11. The van der Waals surface area contributed by atoms with Crippen molar-refractivity contribution in [3.05, 3.63) is 35.4 Å². The minimum absolute atomic E-state index is 0.104. The van der Waals surface area contributed by atoms with Gasteiger partial charge in [-0.15, -0.1) is 0 Å². The number of carbonyl (C=O) groups is 2. The van der Waals surface area contributed by atoms with Crippen LogP contribution in [0.25, 0.3) is 0 Å². The summed E-state index contributed by atoms with van der Waals surface area (Å²) in [5, 5.41) is 0. The number of nitrogens with two attached hydrogens (primary N) is 1. The minimum Gasteiger partial charge on any atom is -0.367 e. The lowest BCUT2D eigenvalue weighted by atomic mass is 10.0. The van der Waals surface area contributed by atoms with Crippen LogP contribution < -0.4 is 5.73 Å². The molecular weight excluding hydrogens is 282 g/mol. The van der Waals surface area contributed by atoms with E-state index in [1.807, 2.05) is 38.4 Å². The van der Waals surface area contributed by atoms with Crippen LogP contribution in [-0.2, 0) is 16.1 Å². The van der Waals surface area contributed by atoms with Crippen LogP contribution in [0, 0.1) is 0 Å². The maximum absolute atomic E-state index is 12.6. The molecule has 1 aliphatic rings. The molecule has 1 fully saturated rings. The topological polar surface area (TPSA) is 75.9 Å². The second kappa shape index (κ2) is 6.46. The highest BCUT2D eigenvalue weighted by Gasteiger charge is 2.39. The summed E-state index contributed by atoms with van der Waals surface area (Å²) in [6.45, 7) is 3.40. The van der Waals surface area contributed by atoms with Gasteiger partial charge in [-0.2, -0.15) is 0 Å². The number of primary amides is 1. The average Bonchev–Trinajstić information content (AvgIpc) is 2.46. The summed E-state index contributed by atoms with van der Waals surface area (Å²) in [4.78, 5) is 27.7. The first kappa shape index (κ1) is 16.5. The van der Waals surface area contributed by atoms with Gasteiger partial charge in [0.1, 0.15) is 0 Å². The largest absolute Gasteiger partial charge is 0.367 e. The van der Waals surface area contributed by atoms with Gasteiger partial charge in [0.2, 0.25) is 0 Å². The molecule has 1 aliphatic heterocycles. The van der Waals surface area contributed by atoms with Gasteiger partial charge in [0.25, 0.3) is 11.8 Å². The molecule has 0 unspecified atom stereocenters. The molecule has 2 amide bonds. The molecule has 0 bridgehead atoms. The Bertz CT molecular complexity index is 556. The first-order chi connectivity index (χ1) is 10.3. The zero-order valence-corrected chi connectivity index (χ0v) is 13.3. The first-order valence-corrected chi connectivity index (χ1v) is 7.28. The smallest absolute Gasteiger partial charge is 0.254 e. The van der Waals surface area contributed by atoms with Crippen LogP contribution in [0.4, 0.5) is 0 Å². The molecular formula is C16H23N3O3. The molecule has 0 spiro atoms. The molecule has 2 N–H and O–H groups in total. The van der Waals surface area contributed by atoms with Crippen LogP contribution in [0.15, 0.2) is 24.3 Å². The second-order valence-electron chi connectivity index (χ2n) is 6.10. The summed E-state index contributed by atoms with van der Waals surface area (Å²) >= 11 is 0. The number of carbonyl (C=O) groups excluding carboxylic acids is 2. The summed E-state index contributed by atoms with van der Waals surface area (Å²) in [5.74, 6) is -0.654. The number of hydrogen-bond donors (Lipinski definition) is 1. The van der Waals surface area contributed by atoms with Crippen LogP contribution in [0.2, 0.25) is 0 Å². The highest BCUT2D eigenvalue weighted by atomic mass is 16.5. The van der Waals surface area contributed by atoms with Crippen LogP contribution in [0.3, 0.4) is 0 Å². The maximum Gasteiger partial charge on any atom is 0.254 e. The Balaban J connectivity index is 2.09. The Morgan fingerprint density at radius 2 is 1.95 bits per heavy atom. The number of morpholine rings is 1. The quantitative estimate of drug-likeness (QED) is 0.877. The van der Waals surface area contributed by atoms with Gasteiger partial charge in [0.05, 0.1) is 13.2 Å². The molecule has 0 aromatic heterocycles. The summed E-state index contributed by atoms with van der Waals surface area (Å²) in [5.41, 5.74) is 6.00. The van der Waals surface area contributed by atoms with Crippen LogP contribution in [-0.4, -0.2) is 61.0 Å². The lowest BCUT2D eigenvalue weighted by molar-refractivity contribution is -0.150. The number of benzene rings is 1. The van der Waals surface area contributed by atoms with Crippen molar-refractivity contribution in [1.29, 1.82) is 0 Å². The highest BCUT2D eigenvalue weighted by molar-refractivity contribution is 5.95. The third kappa shape index (κ3) is 3.64. The molecule has 0 radical (unpaired) electrons. The van der Waals surface area contributed by atoms with Gasteiger partial charge >= 0.3 is 0 Å². The molecule has 2 rings (SSSR count). The number of rotatable bonds is 4. The van der Waals surface area contributed by atoms with Crippen LogP contribution in [0.1, 0.15) is 22.8 Å². The van der Waals surface area contributed by atoms with Gasteiger partial charge < -0.3 is 20.3 Å². The molecule has 1 heterocycles. The predicted octanol–water partition coefficient (Wildman–Crippen LogP) is 0.465. The van der Waals surface area contributed by atoms with Crippen molar-refractivity contribution in [1.82, 2.24) is 9.80 Å². The number of nitrogens with zero attached hydrogens (tertiary/aromatic N) is 2. The van der Waals surface area contributed by atoms with E-state index in [9.17, 15) is 9.59 Å². The summed E-state index contributed by atoms with van der Waals surface area (Å²) in [7, 11) is 3.99. The van der Waals surface area contributed by atoms with E-state index in [4.69, 9.17) is 10.5 Å². The Hall–Kier alpha value is -1.92. The van der Waals surface area contributed by atoms with Crippen molar-refractivity contribution in [2.75, 3.05) is 33.8 Å². The van der Waals surface area contributed by atoms with Gasteiger partial charge in [-0.3, -0.25) is 9.59 Å². The maximum atomic E-state index is 12.6. The van der Waals surface area contributed by atoms with E-state index >= 15 is 0 Å². The first-order valence-electron chi connectivity index (χ1n) is 7.28. The van der Waals surface area contributed by atoms with Crippen molar-refractivity contribution in [3.63, 3.8) is 0 Å². The number of hydrogen-bond acceptors (Lipinski definition) is 4. The monoisotopic (exact) mass is 305 g/mol. The molecule has 1 atom stereocenters. The van der Waals surface area contributed by atoms with E-state index in [0.29, 0.717) is 18.7 Å². The van der Waals surface area contributed by atoms with E-state index < -0.39 is 11.5 Å². The Morgan fingerprint density at radius 3 is 2.50 bits per heavy atom. The lowest BCUT2D eigenvalue weighted by Gasteiger charge is -2.38. The fourth-order valence-electron chi connectivity index (χ4n) is 2.49. The van der Waals surface area contributed by atoms with Gasteiger partial charge in [0, 0.05) is 18.7 Å². The molecule has 22 heavy (non-hydrogen) atoms. The van der Waals surface area contributed by atoms with Crippen molar-refractivity contribution >= 4 is 11.8 Å². The highest BCUT2D eigenvalue weighted by Crippen LogP contribution is 2.19. The van der Waals surface area contributed by atoms with Crippen molar-refractivity contribution < 1.29 is 14.3 Å². The fourth-order valence-corrected chi connectivity index (χ4v) is 2.49. The van der Waals surface area contributed by atoms with E-state index in [1.165, 1.54) is 0 Å². The van der Waals surface area contributed by atoms with E-state index in [2.05, 4.69) is 4.90 Å². The SMILES string of the molecule is CN(C)Cc1ccc(C(=O)N2CCO[C@](C)(C(N)=O)C2)cc1. The van der Waals surface area contributed by atoms with Gasteiger partial charge in [0.15, 0.2) is 5.60 Å². The zero-order valence-electron chi connectivity index (χ0n) is 13.3. The standard InChI is InChI=1S/C16H23N3O3/c1-16(15(17)21)11-19(8-9-22-16)14(20)13-6-4-12(5-7-13)10-18(2)3/h4-7H,8-11H2,1-3H3,(H2,17,21)/t16-/m0/s1. The van der Waals surface area contributed by atoms with Crippen molar-refractivity contribution in [2.45, 2.75) is 19.1 Å². The van der Waals surface area contributed by atoms with E-state index in [0.717, 1.165) is 12.1 Å². The van der Waals surface area contributed by atoms with Gasteiger partial charge in [-0.05, 0) is 38.7 Å². The van der Waals surface area contributed by atoms with E-state index in [-0.39, 0.29) is 12.5 Å². The molecule has 120 valence electrons. The van der Waals surface area contributed by atoms with Crippen LogP contribution in [0.5, 0.6) is 0 Å². The predicted molar refractivity (Wildman–Crippen MR) is 83.3 cm³/mol. The van der Waals surface area contributed by atoms with Gasteiger partial charge in [-0.25, -0.2) is 0 Å². The molecule has 1 saturated heterocycles. The summed E-state index contributed by atoms with van der Waals surface area (Å²) in [6, 6.07) is 7.53. The van der Waals surface area contributed by atoms with Crippen molar-refractivity contribution in [3.8, 4) is 0 Å². The Morgan fingerprint density at radius 1 is 1.32 bits per heavy atom. The molecule has 6 nitrogen and oxygen atoms in total. The molecule has 0 aliphatic carbocycles. The Kier molecular flexibility index (Phi) is 4.83. The third-order valence-electron chi connectivity index (χ3n) is 3.78.